The summed E-state index contributed by atoms with van der Waals surface area (Å²) >= 11 is 7.91. The third-order valence-electron chi connectivity index (χ3n) is 3.05. The van der Waals surface area contributed by atoms with Crippen molar-refractivity contribution in [2.24, 2.45) is 0 Å². The summed E-state index contributed by atoms with van der Waals surface area (Å²) in [5.41, 5.74) is 6.70. The number of hydrogen-bond acceptors (Lipinski definition) is 4. The van der Waals surface area contributed by atoms with Crippen molar-refractivity contribution in [1.82, 2.24) is 0 Å². The zero-order valence-corrected chi connectivity index (χ0v) is 12.9. The summed E-state index contributed by atoms with van der Waals surface area (Å²) in [5, 5.41) is 9.68. The molecular weight excluding hydrogens is 284 g/mol. The van der Waals surface area contributed by atoms with Gasteiger partial charge in [-0.25, -0.2) is 4.79 Å². The molecule has 0 spiro atoms. The van der Waals surface area contributed by atoms with E-state index in [9.17, 15) is 9.90 Å². The molecule has 0 saturated heterocycles. The van der Waals surface area contributed by atoms with Crippen LogP contribution in [-0.2, 0) is 0 Å². The third kappa shape index (κ3) is 3.70. The Labute approximate surface area is 122 Å². The van der Waals surface area contributed by atoms with Gasteiger partial charge in [-0.3, -0.25) is 0 Å². The number of nitrogens with zero attached hydrogens (tertiary/aromatic N) is 1. The van der Waals surface area contributed by atoms with E-state index in [0.717, 1.165) is 12.2 Å². The molecular formula is C13H19ClN2O2S. The summed E-state index contributed by atoms with van der Waals surface area (Å²) < 4.78 is 0. The molecule has 106 valence electrons. The molecule has 0 aliphatic carbocycles. The maximum Gasteiger partial charge on any atom is 0.337 e. The highest BCUT2D eigenvalue weighted by Gasteiger charge is 2.22. The number of rotatable bonds is 6. The van der Waals surface area contributed by atoms with E-state index in [-0.39, 0.29) is 11.6 Å². The van der Waals surface area contributed by atoms with E-state index in [0.29, 0.717) is 16.4 Å². The summed E-state index contributed by atoms with van der Waals surface area (Å²) in [7, 11) is 1.87. The summed E-state index contributed by atoms with van der Waals surface area (Å²) in [6.45, 7) is 2.07. The monoisotopic (exact) mass is 302 g/mol. The first-order valence-corrected chi connectivity index (χ1v) is 7.73. The summed E-state index contributed by atoms with van der Waals surface area (Å²) in [6, 6.07) is 3.27. The van der Waals surface area contributed by atoms with Crippen LogP contribution < -0.4 is 10.6 Å². The Morgan fingerprint density at radius 3 is 2.68 bits per heavy atom. The molecule has 0 heterocycles. The average molecular weight is 303 g/mol. The number of hydrogen-bond donors (Lipinski definition) is 2. The van der Waals surface area contributed by atoms with Crippen LogP contribution in [0.25, 0.3) is 0 Å². The minimum absolute atomic E-state index is 0.145. The van der Waals surface area contributed by atoms with Gasteiger partial charge in [0.05, 0.1) is 16.3 Å². The largest absolute Gasteiger partial charge is 0.478 e. The minimum atomic E-state index is -1.02. The number of aromatic carboxylic acids is 1. The van der Waals surface area contributed by atoms with E-state index < -0.39 is 5.97 Å². The lowest BCUT2D eigenvalue weighted by molar-refractivity contribution is 0.0697. The lowest BCUT2D eigenvalue weighted by Crippen LogP contribution is -2.34. The molecule has 0 aliphatic rings. The molecule has 0 aromatic heterocycles. The highest BCUT2D eigenvalue weighted by molar-refractivity contribution is 7.98. The van der Waals surface area contributed by atoms with Gasteiger partial charge in [-0.2, -0.15) is 11.8 Å². The van der Waals surface area contributed by atoms with E-state index in [2.05, 4.69) is 6.92 Å². The van der Waals surface area contributed by atoms with Crippen LogP contribution in [0.15, 0.2) is 12.1 Å². The van der Waals surface area contributed by atoms with Crippen LogP contribution in [0.1, 0.15) is 23.7 Å². The van der Waals surface area contributed by atoms with Gasteiger partial charge in [-0.1, -0.05) is 18.5 Å². The molecule has 19 heavy (non-hydrogen) atoms. The van der Waals surface area contributed by atoms with Gasteiger partial charge in [-0.15, -0.1) is 0 Å². The Balaban J connectivity index is 3.27. The lowest BCUT2D eigenvalue weighted by atomic mass is 10.1. The number of thioether (sulfide) groups is 1. The molecule has 0 fully saturated rings. The lowest BCUT2D eigenvalue weighted by Gasteiger charge is -2.30. The van der Waals surface area contributed by atoms with Crippen LogP contribution in [0.2, 0.25) is 5.02 Å². The van der Waals surface area contributed by atoms with Crippen molar-refractivity contribution in [1.29, 1.82) is 0 Å². The van der Waals surface area contributed by atoms with E-state index >= 15 is 0 Å². The normalized spacial score (nSPS) is 12.2. The van der Waals surface area contributed by atoms with Gasteiger partial charge >= 0.3 is 5.97 Å². The van der Waals surface area contributed by atoms with Crippen molar-refractivity contribution < 1.29 is 9.90 Å². The molecule has 4 nitrogen and oxygen atoms in total. The Hall–Kier alpha value is -1.07. The number of nitrogens with two attached hydrogens (primary N) is 1. The van der Waals surface area contributed by atoms with Gasteiger partial charge in [0.1, 0.15) is 0 Å². The predicted octanol–water partition coefficient (Wildman–Crippen LogP) is 3.20. The molecule has 3 N–H and O–H groups in total. The Kier molecular flexibility index (Phi) is 5.82. The van der Waals surface area contributed by atoms with E-state index in [1.54, 1.807) is 17.8 Å². The molecule has 0 radical (unpaired) electrons. The highest BCUT2D eigenvalue weighted by atomic mass is 35.5. The van der Waals surface area contributed by atoms with Crippen molar-refractivity contribution in [3.8, 4) is 0 Å². The highest BCUT2D eigenvalue weighted by Crippen LogP contribution is 2.33. The van der Waals surface area contributed by atoms with Crippen LogP contribution in [0.4, 0.5) is 11.4 Å². The van der Waals surface area contributed by atoms with Crippen molar-refractivity contribution >= 4 is 40.7 Å². The molecule has 0 saturated carbocycles. The second-order valence-corrected chi connectivity index (χ2v) is 5.65. The second kappa shape index (κ2) is 6.91. The summed E-state index contributed by atoms with van der Waals surface area (Å²) in [5.74, 6) is -0.109. The standard InChI is InChI=1S/C13H19ClN2O2S/c1-4-9(7-19-3)16(2)12-10(13(17)18)5-8(15)6-11(12)14/h5-6,9H,4,7,15H2,1-3H3,(H,17,18). The van der Waals surface area contributed by atoms with Crippen LogP contribution in [-0.4, -0.2) is 36.2 Å². The third-order valence-corrected chi connectivity index (χ3v) is 4.05. The van der Waals surface area contributed by atoms with E-state index in [1.165, 1.54) is 6.07 Å². The van der Waals surface area contributed by atoms with Crippen LogP contribution in [0.3, 0.4) is 0 Å². The number of nitrogen functional groups attached to an aromatic ring is 1. The first kappa shape index (κ1) is 16.0. The molecule has 1 rings (SSSR count). The smallest absolute Gasteiger partial charge is 0.337 e. The van der Waals surface area contributed by atoms with Crippen LogP contribution in [0, 0.1) is 0 Å². The fourth-order valence-corrected chi connectivity index (χ4v) is 3.23. The second-order valence-electron chi connectivity index (χ2n) is 4.33. The number of carbonyl (C=O) groups is 1. The Bertz CT molecular complexity index is 468. The topological polar surface area (TPSA) is 66.6 Å². The zero-order valence-electron chi connectivity index (χ0n) is 11.3. The van der Waals surface area contributed by atoms with E-state index in [1.807, 2.05) is 18.2 Å². The quantitative estimate of drug-likeness (QED) is 0.790. The predicted molar refractivity (Wildman–Crippen MR) is 83.7 cm³/mol. The summed E-state index contributed by atoms with van der Waals surface area (Å²) in [4.78, 5) is 13.3. The Morgan fingerprint density at radius 2 is 2.21 bits per heavy atom. The van der Waals surface area contributed by atoms with Gasteiger partial charge in [0, 0.05) is 24.5 Å². The molecule has 1 unspecified atom stereocenters. The maximum atomic E-state index is 11.4. The number of anilines is 2. The van der Waals surface area contributed by atoms with Crippen molar-refractivity contribution in [3.05, 3.63) is 22.7 Å². The maximum absolute atomic E-state index is 11.4. The SMILES string of the molecule is CCC(CSC)N(C)c1c(Cl)cc(N)cc1C(=O)O. The van der Waals surface area contributed by atoms with Gasteiger partial charge in [0.25, 0.3) is 0 Å². The van der Waals surface area contributed by atoms with Crippen LogP contribution >= 0.6 is 23.4 Å². The molecule has 1 atom stereocenters. The van der Waals surface area contributed by atoms with Crippen LogP contribution in [0.5, 0.6) is 0 Å². The van der Waals surface area contributed by atoms with Crippen molar-refractivity contribution in [3.63, 3.8) is 0 Å². The number of halogens is 1. The first-order chi connectivity index (χ1) is 8.92. The first-order valence-electron chi connectivity index (χ1n) is 5.96. The van der Waals surface area contributed by atoms with Crippen molar-refractivity contribution in [2.45, 2.75) is 19.4 Å². The van der Waals surface area contributed by atoms with Crippen molar-refractivity contribution in [2.75, 3.05) is 29.7 Å². The number of carboxylic acid groups (broad SMARTS) is 1. The fraction of sp³-hybridized carbons (Fsp3) is 0.462. The fourth-order valence-electron chi connectivity index (χ4n) is 2.02. The van der Waals surface area contributed by atoms with Gasteiger partial charge < -0.3 is 15.7 Å². The zero-order chi connectivity index (χ0) is 14.6. The van der Waals surface area contributed by atoms with E-state index in [4.69, 9.17) is 17.3 Å². The number of benzene rings is 1. The molecule has 0 bridgehead atoms. The molecule has 1 aromatic rings. The molecule has 1 aromatic carbocycles. The molecule has 0 aliphatic heterocycles. The Morgan fingerprint density at radius 1 is 1.58 bits per heavy atom. The number of carboxylic acids is 1. The van der Waals surface area contributed by atoms with Gasteiger partial charge in [0.2, 0.25) is 0 Å². The molecule has 6 heteroatoms. The minimum Gasteiger partial charge on any atom is -0.478 e. The average Bonchev–Trinajstić information content (AvgIpc) is 2.34. The van der Waals surface area contributed by atoms with Gasteiger partial charge in [0.15, 0.2) is 0 Å². The summed E-state index contributed by atoms with van der Waals surface area (Å²) in [6.07, 6.45) is 2.94. The molecule has 0 amide bonds. The van der Waals surface area contributed by atoms with Gasteiger partial charge in [-0.05, 0) is 24.8 Å².